The number of carbonyl (C=O) groups excluding carboxylic acids is 1. The lowest BCUT2D eigenvalue weighted by Crippen LogP contribution is -2.20. The van der Waals surface area contributed by atoms with Crippen molar-refractivity contribution in [3.63, 3.8) is 0 Å². The molecule has 0 aliphatic heterocycles. The van der Waals surface area contributed by atoms with E-state index < -0.39 is 0 Å². The third kappa shape index (κ3) is 4.68. The molecule has 0 aliphatic rings. The van der Waals surface area contributed by atoms with Gasteiger partial charge < -0.3 is 19.6 Å². The maximum atomic E-state index is 12.3. The van der Waals surface area contributed by atoms with E-state index in [1.165, 1.54) is 0 Å². The first-order chi connectivity index (χ1) is 13.4. The van der Waals surface area contributed by atoms with Gasteiger partial charge in [-0.1, -0.05) is 23.2 Å². The molecule has 3 rings (SSSR count). The van der Waals surface area contributed by atoms with Crippen LogP contribution in [0.3, 0.4) is 0 Å². The Morgan fingerprint density at radius 2 is 1.82 bits per heavy atom. The van der Waals surface area contributed by atoms with Crippen LogP contribution in [0.2, 0.25) is 10.0 Å². The maximum absolute atomic E-state index is 12.3. The molecule has 5 nitrogen and oxygen atoms in total. The van der Waals surface area contributed by atoms with E-state index in [-0.39, 0.29) is 19.1 Å². The van der Waals surface area contributed by atoms with E-state index in [1.54, 1.807) is 42.5 Å². The van der Waals surface area contributed by atoms with Crippen LogP contribution < -0.4 is 10.1 Å². The van der Waals surface area contributed by atoms with E-state index in [1.807, 2.05) is 13.8 Å². The Kier molecular flexibility index (Phi) is 6.29. The highest BCUT2D eigenvalue weighted by molar-refractivity contribution is 6.34. The summed E-state index contributed by atoms with van der Waals surface area (Å²) < 4.78 is 11.1. The van der Waals surface area contributed by atoms with Gasteiger partial charge in [0.2, 0.25) is 0 Å². The standard InChI is InChI=1S/C21H19Cl2NO4/c1-12-7-16(8-13(2)21(12)23)27-11-20(26)24-18-9-14(3-5-17(18)22)19-6-4-15(10-25)28-19/h3-9,25H,10-11H2,1-2H3,(H,24,26). The molecule has 1 amide bonds. The Hall–Kier alpha value is -2.47. The number of rotatable bonds is 6. The zero-order valence-corrected chi connectivity index (χ0v) is 16.9. The number of hydrogen-bond acceptors (Lipinski definition) is 4. The molecule has 3 aromatic rings. The molecule has 7 heteroatoms. The van der Waals surface area contributed by atoms with E-state index in [9.17, 15) is 4.79 Å². The van der Waals surface area contributed by atoms with E-state index in [0.717, 1.165) is 16.7 Å². The molecule has 146 valence electrons. The Labute approximate surface area is 172 Å². The number of halogens is 2. The zero-order valence-electron chi connectivity index (χ0n) is 15.4. The number of amides is 1. The number of furan rings is 1. The number of carbonyl (C=O) groups is 1. The average molecular weight is 420 g/mol. The van der Waals surface area contributed by atoms with E-state index in [4.69, 9.17) is 37.5 Å². The van der Waals surface area contributed by atoms with Gasteiger partial charge in [0, 0.05) is 10.6 Å². The summed E-state index contributed by atoms with van der Waals surface area (Å²) in [5.74, 6) is 1.25. The van der Waals surface area contributed by atoms with Gasteiger partial charge in [-0.3, -0.25) is 4.79 Å². The van der Waals surface area contributed by atoms with Crippen molar-refractivity contribution in [2.75, 3.05) is 11.9 Å². The summed E-state index contributed by atoms with van der Waals surface area (Å²) in [4.78, 5) is 12.3. The topological polar surface area (TPSA) is 71.7 Å². The van der Waals surface area contributed by atoms with Crippen LogP contribution in [0.25, 0.3) is 11.3 Å². The summed E-state index contributed by atoms with van der Waals surface area (Å²) in [6, 6.07) is 12.1. The quantitative estimate of drug-likeness (QED) is 0.562. The second-order valence-corrected chi connectivity index (χ2v) is 7.11. The predicted molar refractivity (Wildman–Crippen MR) is 110 cm³/mol. The zero-order chi connectivity index (χ0) is 20.3. The average Bonchev–Trinajstić information content (AvgIpc) is 3.15. The van der Waals surface area contributed by atoms with E-state index in [0.29, 0.717) is 33.0 Å². The summed E-state index contributed by atoms with van der Waals surface area (Å²) in [5.41, 5.74) is 2.93. The van der Waals surface area contributed by atoms with Crippen LogP contribution >= 0.6 is 23.2 Å². The molecule has 0 bridgehead atoms. The highest BCUT2D eigenvalue weighted by Gasteiger charge is 2.12. The van der Waals surface area contributed by atoms with Gasteiger partial charge in [0.05, 0.1) is 10.7 Å². The molecule has 0 fully saturated rings. The lowest BCUT2D eigenvalue weighted by Gasteiger charge is -2.11. The Morgan fingerprint density at radius 1 is 1.11 bits per heavy atom. The molecule has 0 saturated heterocycles. The van der Waals surface area contributed by atoms with Crippen LogP contribution in [0.4, 0.5) is 5.69 Å². The van der Waals surface area contributed by atoms with Gasteiger partial charge in [0.15, 0.2) is 6.61 Å². The molecule has 1 aromatic heterocycles. The van der Waals surface area contributed by atoms with Crippen molar-refractivity contribution in [3.05, 3.63) is 69.4 Å². The largest absolute Gasteiger partial charge is 0.484 e. The van der Waals surface area contributed by atoms with Crippen molar-refractivity contribution in [1.82, 2.24) is 0 Å². The number of aryl methyl sites for hydroxylation is 2. The number of anilines is 1. The Bertz CT molecular complexity index is 990. The minimum Gasteiger partial charge on any atom is -0.484 e. The molecular formula is C21H19Cl2NO4. The van der Waals surface area contributed by atoms with Gasteiger partial charge in [-0.2, -0.15) is 0 Å². The second kappa shape index (κ2) is 8.69. The Morgan fingerprint density at radius 3 is 2.46 bits per heavy atom. The molecule has 0 spiro atoms. The first kappa shape index (κ1) is 20.3. The number of hydrogen-bond donors (Lipinski definition) is 2. The molecule has 1 heterocycles. The Balaban J connectivity index is 1.69. The fourth-order valence-corrected chi connectivity index (χ4v) is 2.99. The summed E-state index contributed by atoms with van der Waals surface area (Å²) in [6.07, 6.45) is 0. The van der Waals surface area contributed by atoms with Crippen LogP contribution in [-0.2, 0) is 11.4 Å². The van der Waals surface area contributed by atoms with Crippen molar-refractivity contribution in [2.24, 2.45) is 0 Å². The molecular weight excluding hydrogens is 401 g/mol. The first-order valence-corrected chi connectivity index (χ1v) is 9.32. The van der Waals surface area contributed by atoms with Gasteiger partial charge in [0.25, 0.3) is 5.91 Å². The molecule has 2 N–H and O–H groups in total. The number of aliphatic hydroxyl groups is 1. The lowest BCUT2D eigenvalue weighted by molar-refractivity contribution is -0.118. The highest BCUT2D eigenvalue weighted by Crippen LogP contribution is 2.30. The number of nitrogens with one attached hydrogen (secondary N) is 1. The molecule has 2 aromatic carbocycles. The van der Waals surface area contributed by atoms with Gasteiger partial charge in [-0.25, -0.2) is 0 Å². The third-order valence-corrected chi connectivity index (χ3v) is 5.05. The minimum absolute atomic E-state index is 0.170. The summed E-state index contributed by atoms with van der Waals surface area (Å²) in [5, 5.41) is 12.9. The summed E-state index contributed by atoms with van der Waals surface area (Å²) in [6.45, 7) is 3.41. The SMILES string of the molecule is Cc1cc(OCC(=O)Nc2cc(-c3ccc(CO)o3)ccc2Cl)cc(C)c1Cl. The maximum Gasteiger partial charge on any atom is 0.262 e. The van der Waals surface area contributed by atoms with Crippen LogP contribution in [-0.4, -0.2) is 17.6 Å². The second-order valence-electron chi connectivity index (χ2n) is 6.33. The smallest absolute Gasteiger partial charge is 0.262 e. The molecule has 28 heavy (non-hydrogen) atoms. The molecule has 0 atom stereocenters. The first-order valence-electron chi connectivity index (χ1n) is 8.56. The van der Waals surface area contributed by atoms with Gasteiger partial charge in [-0.05, 0) is 67.4 Å². The number of aliphatic hydroxyl groups excluding tert-OH is 1. The van der Waals surface area contributed by atoms with E-state index >= 15 is 0 Å². The van der Waals surface area contributed by atoms with Crippen molar-refractivity contribution in [2.45, 2.75) is 20.5 Å². The van der Waals surface area contributed by atoms with Crippen LogP contribution in [0.5, 0.6) is 5.75 Å². The predicted octanol–water partition coefficient (Wildman–Crippen LogP) is 5.38. The van der Waals surface area contributed by atoms with Gasteiger partial charge in [-0.15, -0.1) is 0 Å². The van der Waals surface area contributed by atoms with Gasteiger partial charge in [0.1, 0.15) is 23.9 Å². The molecule has 0 aliphatic carbocycles. The fourth-order valence-electron chi connectivity index (χ4n) is 2.72. The third-order valence-electron chi connectivity index (χ3n) is 4.12. The molecule has 0 saturated carbocycles. The van der Waals surface area contributed by atoms with Gasteiger partial charge >= 0.3 is 0 Å². The lowest BCUT2D eigenvalue weighted by atomic mass is 10.1. The van der Waals surface area contributed by atoms with Crippen molar-refractivity contribution >= 4 is 34.8 Å². The van der Waals surface area contributed by atoms with Crippen molar-refractivity contribution in [1.29, 1.82) is 0 Å². The molecule has 0 unspecified atom stereocenters. The normalized spacial score (nSPS) is 10.8. The van der Waals surface area contributed by atoms with Crippen LogP contribution in [0, 0.1) is 13.8 Å². The number of ether oxygens (including phenoxy) is 1. The van der Waals surface area contributed by atoms with Crippen LogP contribution in [0.1, 0.15) is 16.9 Å². The van der Waals surface area contributed by atoms with E-state index in [2.05, 4.69) is 5.32 Å². The summed E-state index contributed by atoms with van der Waals surface area (Å²) in [7, 11) is 0. The van der Waals surface area contributed by atoms with Crippen LogP contribution in [0.15, 0.2) is 46.9 Å². The number of benzene rings is 2. The monoisotopic (exact) mass is 419 g/mol. The fraction of sp³-hybridized carbons (Fsp3) is 0.190. The minimum atomic E-state index is -0.347. The molecule has 0 radical (unpaired) electrons. The highest BCUT2D eigenvalue weighted by atomic mass is 35.5. The van der Waals surface area contributed by atoms with Crippen molar-refractivity contribution in [3.8, 4) is 17.1 Å². The summed E-state index contributed by atoms with van der Waals surface area (Å²) >= 11 is 12.3. The van der Waals surface area contributed by atoms with Crippen molar-refractivity contribution < 1.29 is 19.1 Å².